The smallest absolute Gasteiger partial charge is 0.465 e. The van der Waals surface area contributed by atoms with Gasteiger partial charge in [0.25, 0.3) is 0 Å². The molecule has 0 spiro atoms. The maximum atomic E-state index is 11.4. The molecular formula is C22H33F6N5O7S2. The molecule has 3 heterocycles. The molecule has 0 unspecified atom stereocenters. The lowest BCUT2D eigenvalue weighted by Crippen LogP contribution is -2.58. The molecule has 0 saturated carbocycles. The van der Waals surface area contributed by atoms with Crippen LogP contribution in [-0.4, -0.2) is 53.9 Å². The van der Waals surface area contributed by atoms with Gasteiger partial charge in [-0.2, -0.15) is 26.3 Å². The van der Waals surface area contributed by atoms with Gasteiger partial charge in [-0.25, -0.2) is 16.8 Å². The predicted octanol–water partition coefficient (Wildman–Crippen LogP) is 4.95. The first-order valence-corrected chi connectivity index (χ1v) is 15.1. The number of piperidine rings is 1. The highest BCUT2D eigenvalue weighted by Gasteiger charge is 2.47. The highest BCUT2D eigenvalue weighted by molar-refractivity contribution is 8.13. The van der Waals surface area contributed by atoms with Gasteiger partial charge < -0.3 is 13.8 Å². The number of hydroxylamine groups is 2. The molecule has 1 saturated heterocycles. The van der Waals surface area contributed by atoms with Gasteiger partial charge in [0, 0.05) is 11.1 Å². The summed E-state index contributed by atoms with van der Waals surface area (Å²) in [5.41, 5.74) is -11.8. The number of aromatic nitrogens is 3. The quantitative estimate of drug-likeness (QED) is 0.180. The van der Waals surface area contributed by atoms with Gasteiger partial charge in [0.1, 0.15) is 18.1 Å². The Morgan fingerprint density at radius 3 is 1.86 bits per heavy atom. The fraction of sp³-hybridized carbons (Fsp3) is 0.727. The zero-order valence-electron chi connectivity index (χ0n) is 23.8. The fourth-order valence-electron chi connectivity index (χ4n) is 3.91. The van der Waals surface area contributed by atoms with Crippen LogP contribution in [0.15, 0.2) is 30.7 Å². The van der Waals surface area contributed by atoms with Crippen molar-refractivity contribution < 1.29 is 62.5 Å². The number of nitrogens with zero attached hydrogens (tertiary/aromatic N) is 5. The summed E-state index contributed by atoms with van der Waals surface area (Å²) in [4.78, 5) is 11.5. The third-order valence-corrected chi connectivity index (χ3v) is 8.70. The Morgan fingerprint density at radius 2 is 1.43 bits per heavy atom. The number of rotatable bonds is 6. The van der Waals surface area contributed by atoms with Crippen LogP contribution in [0.5, 0.6) is 0 Å². The van der Waals surface area contributed by atoms with Crippen molar-refractivity contribution in [2.75, 3.05) is 0 Å². The van der Waals surface area contributed by atoms with Gasteiger partial charge in [-0.05, 0) is 67.7 Å². The zero-order valence-corrected chi connectivity index (χ0v) is 25.4. The van der Waals surface area contributed by atoms with Crippen molar-refractivity contribution in [2.24, 2.45) is 0 Å². The van der Waals surface area contributed by atoms with Crippen molar-refractivity contribution in [3.8, 4) is 0 Å². The van der Waals surface area contributed by atoms with Crippen molar-refractivity contribution in [3.63, 3.8) is 0 Å². The largest absolute Gasteiger partial charge is 0.480 e. The van der Waals surface area contributed by atoms with E-state index in [0.717, 1.165) is 22.7 Å². The molecule has 0 aromatic carbocycles. The summed E-state index contributed by atoms with van der Waals surface area (Å²) in [6, 6.07) is 0. The van der Waals surface area contributed by atoms with E-state index < -0.39 is 31.1 Å². The highest BCUT2D eigenvalue weighted by Crippen LogP contribution is 2.39. The van der Waals surface area contributed by atoms with Crippen LogP contribution in [0.1, 0.15) is 74.1 Å². The zero-order chi connectivity index (χ0) is 32.6. The molecule has 0 aliphatic carbocycles. The fourth-order valence-corrected chi connectivity index (χ4v) is 5.62. The molecular weight excluding hydrogens is 624 g/mol. The normalized spacial score (nSPS) is 20.0. The minimum atomic E-state index is -6.72. The molecule has 12 nitrogen and oxygen atoms in total. The van der Waals surface area contributed by atoms with Gasteiger partial charge in [-0.15, -0.1) is 14.4 Å². The third-order valence-electron chi connectivity index (χ3n) is 5.96. The molecule has 42 heavy (non-hydrogen) atoms. The summed E-state index contributed by atoms with van der Waals surface area (Å²) in [6.07, 6.45) is 11.0. The molecule has 0 bridgehead atoms. The summed E-state index contributed by atoms with van der Waals surface area (Å²) in [5, 5.41) is 6.56. The third kappa shape index (κ3) is 8.80. The Morgan fingerprint density at radius 1 is 0.929 bits per heavy atom. The van der Waals surface area contributed by atoms with Crippen LogP contribution in [-0.2, 0) is 40.2 Å². The van der Waals surface area contributed by atoms with E-state index >= 15 is 0 Å². The standard InChI is InChI=1S/C20H33N4O3.C2F6NO4S2/c1-18(2,3)23-12-11-22(21-23)16-13-17(15-25-14-16)26-27-24-19(4,5)9-8-10-20(24,6)7;3-1(4,5)14(10,11)9-15(12,13)2(6,7)8/h11-12,14-15H,8-10,13H2,1-7H3;/q+1;-1. The molecule has 2 aliphatic rings. The van der Waals surface area contributed by atoms with E-state index in [4.69, 9.17) is 14.6 Å². The monoisotopic (exact) mass is 657 g/mol. The number of hydrogen-bond acceptors (Lipinski definition) is 9. The van der Waals surface area contributed by atoms with Crippen LogP contribution in [0.3, 0.4) is 0 Å². The number of alkyl halides is 6. The molecule has 2 aliphatic heterocycles. The minimum Gasteiger partial charge on any atom is -0.465 e. The van der Waals surface area contributed by atoms with Crippen LogP contribution >= 0.6 is 0 Å². The first-order chi connectivity index (χ1) is 18.7. The van der Waals surface area contributed by atoms with E-state index in [9.17, 15) is 43.2 Å². The summed E-state index contributed by atoms with van der Waals surface area (Å²) in [7, 11) is -13.4. The first kappa shape index (κ1) is 35.8. The Hall–Kier alpha value is -2.42. The lowest BCUT2D eigenvalue weighted by atomic mass is 9.82. The van der Waals surface area contributed by atoms with Gasteiger partial charge in [0.15, 0.2) is 43.9 Å². The van der Waals surface area contributed by atoms with E-state index in [1.54, 1.807) is 17.2 Å². The van der Waals surface area contributed by atoms with E-state index in [2.05, 4.69) is 53.7 Å². The average molecular weight is 658 g/mol. The average Bonchev–Trinajstić information content (AvgIpc) is 3.27. The van der Waals surface area contributed by atoms with Gasteiger partial charge in [0.05, 0.1) is 11.6 Å². The van der Waals surface area contributed by atoms with Gasteiger partial charge in [-0.1, -0.05) is 4.99 Å². The molecule has 1 fully saturated rings. The van der Waals surface area contributed by atoms with Crippen molar-refractivity contribution in [2.45, 2.75) is 102 Å². The van der Waals surface area contributed by atoms with E-state index in [-0.39, 0.29) is 16.6 Å². The molecule has 0 atom stereocenters. The number of sulfonamides is 2. The van der Waals surface area contributed by atoms with Gasteiger partial charge >= 0.3 is 11.0 Å². The highest BCUT2D eigenvalue weighted by atomic mass is 32.3. The molecule has 20 heteroatoms. The molecule has 1 aromatic heterocycles. The Balaban J connectivity index is 0.000000351. The van der Waals surface area contributed by atoms with Crippen molar-refractivity contribution in [1.29, 1.82) is 0 Å². The second-order valence-electron chi connectivity index (χ2n) is 11.6. The number of ether oxygens (including phenoxy) is 1. The lowest BCUT2D eigenvalue weighted by molar-refractivity contribution is -0.806. The van der Waals surface area contributed by atoms with E-state index in [1.165, 1.54) is 6.42 Å². The van der Waals surface area contributed by atoms with Crippen LogP contribution in [0.4, 0.5) is 26.3 Å². The van der Waals surface area contributed by atoms with Crippen molar-refractivity contribution in [3.05, 3.63) is 34.8 Å². The summed E-state index contributed by atoms with van der Waals surface area (Å²) in [6.45, 7) is 15.1. The number of allylic oxidation sites excluding steroid dienone is 1. The second-order valence-corrected chi connectivity index (χ2v) is 15.0. The summed E-state index contributed by atoms with van der Waals surface area (Å²) >= 11 is 0. The topological polar surface area (TPSA) is 135 Å². The van der Waals surface area contributed by atoms with E-state index in [1.807, 2.05) is 22.1 Å². The van der Waals surface area contributed by atoms with Crippen molar-refractivity contribution >= 4 is 25.7 Å². The lowest BCUT2D eigenvalue weighted by Gasteiger charge is -2.49. The van der Waals surface area contributed by atoms with E-state index in [0.29, 0.717) is 12.2 Å². The number of halogens is 6. The Bertz CT molecular complexity index is 1340. The molecule has 3 rings (SSSR count). The predicted molar refractivity (Wildman–Crippen MR) is 135 cm³/mol. The Kier molecular flexibility index (Phi) is 10.2. The SMILES string of the molecule is CC1(C)CCCC(C)(C)N1OOC1=COC=C(n2cc[n+](C(C)(C)C)n2)C1.O=S(=O)([N-]S(=O)(=O)C(F)(F)F)C(F)(F)F. The maximum absolute atomic E-state index is 11.4. The molecule has 0 amide bonds. The second kappa shape index (κ2) is 11.9. The number of hydrogen-bond donors (Lipinski definition) is 0. The summed E-state index contributed by atoms with van der Waals surface area (Å²) < 4.78 is 118. The minimum absolute atomic E-state index is 0.0783. The molecule has 1 aromatic rings. The van der Waals surface area contributed by atoms with Crippen LogP contribution < -0.4 is 4.68 Å². The Labute approximate surface area is 239 Å². The summed E-state index contributed by atoms with van der Waals surface area (Å²) in [5.74, 6) is 0.613. The maximum Gasteiger partial charge on any atom is 0.480 e. The first-order valence-electron chi connectivity index (χ1n) is 12.2. The molecule has 0 N–H and O–H groups in total. The van der Waals surface area contributed by atoms with Gasteiger partial charge in [-0.3, -0.25) is 0 Å². The van der Waals surface area contributed by atoms with Crippen LogP contribution in [0.2, 0.25) is 0 Å². The van der Waals surface area contributed by atoms with Gasteiger partial charge in [0.2, 0.25) is 0 Å². The van der Waals surface area contributed by atoms with Crippen LogP contribution in [0.25, 0.3) is 9.82 Å². The van der Waals surface area contributed by atoms with Crippen molar-refractivity contribution in [1.82, 2.24) is 15.0 Å². The molecule has 0 radical (unpaired) electrons. The molecule has 242 valence electrons. The van der Waals surface area contributed by atoms with Crippen LogP contribution in [0, 0.1) is 0 Å².